The van der Waals surface area contributed by atoms with Crippen LogP contribution in [0.5, 0.6) is 0 Å². The molecule has 1 amide bonds. The summed E-state index contributed by atoms with van der Waals surface area (Å²) in [5, 5.41) is 4.39. The highest BCUT2D eigenvalue weighted by molar-refractivity contribution is 5.95. The van der Waals surface area contributed by atoms with E-state index in [2.05, 4.69) is 20.1 Å². The first-order valence-electron chi connectivity index (χ1n) is 12.2. The van der Waals surface area contributed by atoms with E-state index >= 15 is 0 Å². The number of hydrogen-bond acceptors (Lipinski definition) is 5. The largest absolute Gasteiger partial charge is 0.416 e. The molecule has 1 unspecified atom stereocenters. The van der Waals surface area contributed by atoms with Crippen molar-refractivity contribution >= 4 is 28.5 Å². The topological polar surface area (TPSA) is 106 Å². The molecule has 13 heteroatoms. The predicted octanol–water partition coefficient (Wildman–Crippen LogP) is 3.72. The lowest BCUT2D eigenvalue weighted by atomic mass is 10.1. The van der Waals surface area contributed by atoms with E-state index in [1.54, 1.807) is 38.4 Å². The number of carbonyl (C=O) groups excluding carboxylic acids is 1. The Balaban J connectivity index is 1.23. The number of anilines is 1. The van der Waals surface area contributed by atoms with Crippen molar-refractivity contribution in [1.29, 1.82) is 0 Å². The molecule has 1 fully saturated rings. The Hall–Kier alpha value is -4.42. The fraction of sp³-hybridized carbons (Fsp3) is 0.320. The summed E-state index contributed by atoms with van der Waals surface area (Å²) in [6.07, 6.45) is 3.26. The van der Waals surface area contributed by atoms with Gasteiger partial charge >= 0.3 is 6.18 Å². The van der Waals surface area contributed by atoms with Crippen LogP contribution < -0.4 is 10.5 Å². The number of alkyl halides is 3. The number of H-pyrrole nitrogens is 1. The summed E-state index contributed by atoms with van der Waals surface area (Å²) in [7, 11) is 0. The molecule has 0 spiro atoms. The first kappa shape index (κ1) is 23.9. The number of imidazole rings is 2. The van der Waals surface area contributed by atoms with Crippen LogP contribution in [0.2, 0.25) is 0 Å². The third kappa shape index (κ3) is 4.03. The maximum Gasteiger partial charge on any atom is 0.416 e. The van der Waals surface area contributed by atoms with Gasteiger partial charge < -0.3 is 9.88 Å². The Morgan fingerprint density at radius 2 is 2.05 bits per heavy atom. The summed E-state index contributed by atoms with van der Waals surface area (Å²) >= 11 is 0. The van der Waals surface area contributed by atoms with Crippen LogP contribution in [0.1, 0.15) is 25.3 Å². The molecule has 4 aromatic heterocycles. The van der Waals surface area contributed by atoms with Gasteiger partial charge in [-0.05, 0) is 24.6 Å². The molecular formula is C25H23F3N8O2. The van der Waals surface area contributed by atoms with Crippen molar-refractivity contribution in [3.8, 4) is 11.4 Å². The molecule has 1 saturated heterocycles. The predicted molar refractivity (Wildman–Crippen MR) is 133 cm³/mol. The number of aromatic amines is 1. The summed E-state index contributed by atoms with van der Waals surface area (Å²) in [4.78, 5) is 39.1. The Morgan fingerprint density at radius 1 is 1.21 bits per heavy atom. The van der Waals surface area contributed by atoms with E-state index in [9.17, 15) is 22.8 Å². The minimum absolute atomic E-state index is 0.132. The summed E-state index contributed by atoms with van der Waals surface area (Å²) in [5.41, 5.74) is 0.736. The second-order valence-corrected chi connectivity index (χ2v) is 9.41. The van der Waals surface area contributed by atoms with Crippen molar-refractivity contribution in [2.45, 2.75) is 39.0 Å². The van der Waals surface area contributed by atoms with Crippen molar-refractivity contribution in [2.24, 2.45) is 5.92 Å². The Bertz CT molecular complexity index is 1730. The molecule has 0 aliphatic carbocycles. The van der Waals surface area contributed by atoms with Gasteiger partial charge in [-0.1, -0.05) is 13.0 Å². The van der Waals surface area contributed by atoms with Crippen molar-refractivity contribution in [2.75, 3.05) is 11.4 Å². The molecule has 1 atom stereocenters. The average Bonchev–Trinajstić information content (AvgIpc) is 3.67. The highest BCUT2D eigenvalue weighted by Crippen LogP contribution is 2.33. The van der Waals surface area contributed by atoms with Gasteiger partial charge in [0.15, 0.2) is 11.2 Å². The standard InChI is InChI=1S/C25H23F3N8O2/c1-2-7-35-23(38)20-22(34-8-6-29-24(34)35)32-21(31-20)16-11-30-33(14-16)12-15-9-19(37)36(13-15)18-5-3-4-17(10-18)25(26,27)28/h3-6,8,10-11,14-15H,2,7,9,12-13H2,1H3,(H,31,32). The van der Waals surface area contributed by atoms with E-state index in [1.807, 2.05) is 6.92 Å². The molecule has 5 heterocycles. The van der Waals surface area contributed by atoms with Crippen molar-refractivity contribution in [1.82, 2.24) is 33.7 Å². The maximum atomic E-state index is 13.1. The van der Waals surface area contributed by atoms with Crippen LogP contribution in [0.3, 0.4) is 0 Å². The van der Waals surface area contributed by atoms with Gasteiger partial charge in [0.2, 0.25) is 11.7 Å². The van der Waals surface area contributed by atoms with Crippen LogP contribution in [0.4, 0.5) is 18.9 Å². The Morgan fingerprint density at radius 3 is 2.84 bits per heavy atom. The molecule has 0 bridgehead atoms. The minimum Gasteiger partial charge on any atom is -0.332 e. The number of halogens is 3. The van der Waals surface area contributed by atoms with E-state index in [0.717, 1.165) is 18.6 Å². The van der Waals surface area contributed by atoms with E-state index in [-0.39, 0.29) is 36.0 Å². The molecule has 6 rings (SSSR count). The van der Waals surface area contributed by atoms with Crippen LogP contribution in [0.15, 0.2) is 53.8 Å². The van der Waals surface area contributed by atoms with Crippen molar-refractivity contribution in [3.63, 3.8) is 0 Å². The molecular weight excluding hydrogens is 501 g/mol. The third-order valence-electron chi connectivity index (χ3n) is 6.72. The molecule has 10 nitrogen and oxygen atoms in total. The molecule has 196 valence electrons. The first-order valence-corrected chi connectivity index (χ1v) is 12.2. The summed E-state index contributed by atoms with van der Waals surface area (Å²) < 4.78 is 44.4. The van der Waals surface area contributed by atoms with Gasteiger partial charge in [-0.25, -0.2) is 9.97 Å². The van der Waals surface area contributed by atoms with E-state index in [4.69, 9.17) is 0 Å². The van der Waals surface area contributed by atoms with Gasteiger partial charge in [-0.2, -0.15) is 18.3 Å². The fourth-order valence-corrected chi connectivity index (χ4v) is 4.99. The van der Waals surface area contributed by atoms with Crippen LogP contribution in [0, 0.1) is 5.92 Å². The third-order valence-corrected chi connectivity index (χ3v) is 6.72. The first-order chi connectivity index (χ1) is 18.2. The number of amides is 1. The van der Waals surface area contributed by atoms with Crippen LogP contribution >= 0.6 is 0 Å². The highest BCUT2D eigenvalue weighted by atomic mass is 19.4. The molecule has 0 radical (unpaired) electrons. The zero-order valence-corrected chi connectivity index (χ0v) is 20.3. The number of hydrogen-bond donors (Lipinski definition) is 1. The van der Waals surface area contributed by atoms with Crippen molar-refractivity contribution < 1.29 is 18.0 Å². The number of nitrogens with zero attached hydrogens (tertiary/aromatic N) is 7. The summed E-state index contributed by atoms with van der Waals surface area (Å²) in [5.74, 6) is 0.633. The Kier molecular flexibility index (Phi) is 5.58. The van der Waals surface area contributed by atoms with Gasteiger partial charge in [0.25, 0.3) is 5.56 Å². The summed E-state index contributed by atoms with van der Waals surface area (Å²) in [6, 6.07) is 4.80. The van der Waals surface area contributed by atoms with Gasteiger partial charge in [0.05, 0.1) is 17.3 Å². The number of aryl methyl sites for hydroxylation is 1. The lowest BCUT2D eigenvalue weighted by molar-refractivity contribution is -0.137. The van der Waals surface area contributed by atoms with E-state index < -0.39 is 11.7 Å². The van der Waals surface area contributed by atoms with Gasteiger partial charge in [0.1, 0.15) is 5.82 Å². The van der Waals surface area contributed by atoms with Crippen LogP contribution in [0.25, 0.3) is 28.3 Å². The molecule has 0 saturated carbocycles. The van der Waals surface area contributed by atoms with Gasteiger partial charge in [-0.15, -0.1) is 0 Å². The SMILES string of the molecule is CCCn1c(=O)c2[nH]c(-c3cnn(CC4CC(=O)N(c5cccc(C(F)(F)F)c5)C4)c3)nc2n2ccnc12. The second kappa shape index (κ2) is 8.85. The average molecular weight is 525 g/mol. The van der Waals surface area contributed by atoms with E-state index in [0.29, 0.717) is 41.4 Å². The number of nitrogens with one attached hydrogen (secondary N) is 1. The lowest BCUT2D eigenvalue weighted by Crippen LogP contribution is -2.25. The van der Waals surface area contributed by atoms with Crippen LogP contribution in [-0.4, -0.2) is 46.2 Å². The molecule has 1 aliphatic rings. The maximum absolute atomic E-state index is 13.1. The smallest absolute Gasteiger partial charge is 0.332 e. The summed E-state index contributed by atoms with van der Waals surface area (Å²) in [6.45, 7) is 3.20. The number of carbonyl (C=O) groups is 1. The number of rotatable bonds is 6. The van der Waals surface area contributed by atoms with Crippen molar-refractivity contribution in [3.05, 3.63) is 65.0 Å². The molecule has 38 heavy (non-hydrogen) atoms. The normalized spacial score (nSPS) is 16.4. The Labute approximate surface area is 213 Å². The molecule has 1 N–H and O–H groups in total. The molecule has 1 aliphatic heterocycles. The van der Waals surface area contributed by atoms with Gasteiger partial charge in [-0.3, -0.25) is 23.2 Å². The minimum atomic E-state index is -4.48. The van der Waals surface area contributed by atoms with Crippen LogP contribution in [-0.2, 0) is 24.1 Å². The quantitative estimate of drug-likeness (QED) is 0.365. The number of benzene rings is 1. The number of aromatic nitrogens is 7. The zero-order valence-electron chi connectivity index (χ0n) is 20.3. The highest BCUT2D eigenvalue weighted by Gasteiger charge is 2.34. The van der Waals surface area contributed by atoms with E-state index in [1.165, 1.54) is 17.0 Å². The monoisotopic (exact) mass is 524 g/mol. The number of fused-ring (bicyclic) bond motifs is 3. The molecule has 1 aromatic carbocycles. The zero-order chi connectivity index (χ0) is 26.6. The lowest BCUT2D eigenvalue weighted by Gasteiger charge is -2.18. The second-order valence-electron chi connectivity index (χ2n) is 9.41. The molecule has 5 aromatic rings. The van der Waals surface area contributed by atoms with Gasteiger partial charge in [0, 0.05) is 56.3 Å². The fourth-order valence-electron chi connectivity index (χ4n) is 4.99.